The third kappa shape index (κ3) is 2.90. The molecule has 0 spiro atoms. The lowest BCUT2D eigenvalue weighted by Gasteiger charge is -2.19. The summed E-state index contributed by atoms with van der Waals surface area (Å²) in [5.74, 6) is 0.152. The second kappa shape index (κ2) is 6.44. The summed E-state index contributed by atoms with van der Waals surface area (Å²) in [6.07, 6.45) is 0. The fraction of sp³-hybridized carbons (Fsp3) is 0.200. The summed E-state index contributed by atoms with van der Waals surface area (Å²) in [5.41, 5.74) is 1.54. The van der Waals surface area contributed by atoms with E-state index in [2.05, 4.69) is 5.32 Å². The van der Waals surface area contributed by atoms with E-state index in [1.165, 1.54) is 6.07 Å². The van der Waals surface area contributed by atoms with Gasteiger partial charge in [0.1, 0.15) is 11.6 Å². The summed E-state index contributed by atoms with van der Waals surface area (Å²) in [5, 5.41) is 3.72. The van der Waals surface area contributed by atoms with Crippen LogP contribution in [-0.2, 0) is 0 Å². The molecule has 0 heterocycles. The van der Waals surface area contributed by atoms with E-state index in [1.54, 1.807) is 38.4 Å². The Hall–Kier alpha value is -1.29. The van der Waals surface area contributed by atoms with E-state index in [9.17, 15) is 4.39 Å². The van der Waals surface area contributed by atoms with Gasteiger partial charge in [0.2, 0.25) is 0 Å². The van der Waals surface area contributed by atoms with Gasteiger partial charge < -0.3 is 10.1 Å². The van der Waals surface area contributed by atoms with Crippen molar-refractivity contribution in [3.05, 3.63) is 63.4 Å². The largest absolute Gasteiger partial charge is 0.495 e. The quantitative estimate of drug-likeness (QED) is 0.900. The van der Waals surface area contributed by atoms with Crippen molar-refractivity contribution in [2.45, 2.75) is 6.04 Å². The number of nitrogens with one attached hydrogen (secondary N) is 1. The van der Waals surface area contributed by atoms with Crippen molar-refractivity contribution in [3.8, 4) is 5.75 Å². The zero-order chi connectivity index (χ0) is 14.7. The fourth-order valence-corrected chi connectivity index (χ4v) is 2.61. The summed E-state index contributed by atoms with van der Waals surface area (Å²) in [6.45, 7) is 0. The molecular weight excluding hydrogens is 300 g/mol. The zero-order valence-electron chi connectivity index (χ0n) is 11.1. The van der Waals surface area contributed by atoms with Gasteiger partial charge in [0.15, 0.2) is 0 Å². The van der Waals surface area contributed by atoms with E-state index in [4.69, 9.17) is 27.9 Å². The first-order valence-corrected chi connectivity index (χ1v) is 6.78. The molecule has 20 heavy (non-hydrogen) atoms. The molecule has 2 aromatic rings. The highest BCUT2D eigenvalue weighted by molar-refractivity contribution is 6.32. The van der Waals surface area contributed by atoms with Crippen molar-refractivity contribution in [3.63, 3.8) is 0 Å². The Bertz CT molecular complexity index is 619. The molecule has 2 nitrogen and oxygen atoms in total. The third-order valence-electron chi connectivity index (χ3n) is 3.09. The first-order valence-electron chi connectivity index (χ1n) is 6.03. The summed E-state index contributed by atoms with van der Waals surface area (Å²) in [6, 6.07) is 9.92. The SMILES string of the molecule is CNC(c1ccc(OC)c(Cl)c1)c1cccc(F)c1Cl. The van der Waals surface area contributed by atoms with Crippen LogP contribution in [0.25, 0.3) is 0 Å². The topological polar surface area (TPSA) is 21.3 Å². The molecule has 2 aromatic carbocycles. The minimum atomic E-state index is -0.441. The summed E-state index contributed by atoms with van der Waals surface area (Å²) >= 11 is 12.2. The molecule has 0 saturated heterocycles. The van der Waals surface area contributed by atoms with Crippen molar-refractivity contribution in [2.75, 3.05) is 14.2 Å². The monoisotopic (exact) mass is 313 g/mol. The van der Waals surface area contributed by atoms with Crippen LogP contribution in [-0.4, -0.2) is 14.2 Å². The average molecular weight is 314 g/mol. The van der Waals surface area contributed by atoms with Gasteiger partial charge in [-0.25, -0.2) is 4.39 Å². The molecule has 5 heteroatoms. The van der Waals surface area contributed by atoms with Gasteiger partial charge in [0.25, 0.3) is 0 Å². The smallest absolute Gasteiger partial charge is 0.142 e. The molecule has 0 fully saturated rings. The van der Waals surface area contributed by atoms with Gasteiger partial charge in [-0.1, -0.05) is 41.4 Å². The molecule has 0 bridgehead atoms. The molecule has 0 aliphatic rings. The maximum absolute atomic E-state index is 13.6. The molecule has 1 unspecified atom stereocenters. The maximum Gasteiger partial charge on any atom is 0.142 e. The van der Waals surface area contributed by atoms with Gasteiger partial charge in [-0.2, -0.15) is 0 Å². The van der Waals surface area contributed by atoms with Gasteiger partial charge >= 0.3 is 0 Å². The van der Waals surface area contributed by atoms with Crippen LogP contribution in [0.2, 0.25) is 10.0 Å². The first-order chi connectivity index (χ1) is 9.58. The van der Waals surface area contributed by atoms with Crippen LogP contribution in [0.4, 0.5) is 4.39 Å². The maximum atomic E-state index is 13.6. The molecule has 1 atom stereocenters. The van der Waals surface area contributed by atoms with Crippen LogP contribution < -0.4 is 10.1 Å². The van der Waals surface area contributed by atoms with E-state index in [-0.39, 0.29) is 11.1 Å². The minimum Gasteiger partial charge on any atom is -0.495 e. The highest BCUT2D eigenvalue weighted by Gasteiger charge is 2.18. The van der Waals surface area contributed by atoms with E-state index in [0.717, 1.165) is 5.56 Å². The minimum absolute atomic E-state index is 0.110. The molecule has 0 aliphatic carbocycles. The average Bonchev–Trinajstić information content (AvgIpc) is 2.44. The fourth-order valence-electron chi connectivity index (χ4n) is 2.11. The lowest BCUT2D eigenvalue weighted by Crippen LogP contribution is -2.18. The number of benzene rings is 2. The lowest BCUT2D eigenvalue weighted by atomic mass is 9.98. The van der Waals surface area contributed by atoms with Crippen LogP contribution in [0, 0.1) is 5.82 Å². The molecule has 0 aromatic heterocycles. The van der Waals surface area contributed by atoms with Gasteiger partial charge in [-0.05, 0) is 36.4 Å². The Morgan fingerprint density at radius 2 is 1.95 bits per heavy atom. The zero-order valence-corrected chi connectivity index (χ0v) is 12.6. The van der Waals surface area contributed by atoms with Crippen molar-refractivity contribution >= 4 is 23.2 Å². The van der Waals surface area contributed by atoms with Crippen LogP contribution in [0.5, 0.6) is 5.75 Å². The van der Waals surface area contributed by atoms with Crippen LogP contribution in [0.1, 0.15) is 17.2 Å². The van der Waals surface area contributed by atoms with Crippen LogP contribution >= 0.6 is 23.2 Å². The number of halogens is 3. The number of hydrogen-bond acceptors (Lipinski definition) is 2. The van der Waals surface area contributed by atoms with Gasteiger partial charge in [0, 0.05) is 0 Å². The molecular formula is C15H14Cl2FNO. The molecule has 2 rings (SSSR count). The number of methoxy groups -OCH3 is 1. The van der Waals surface area contributed by atoms with Gasteiger partial charge in [-0.15, -0.1) is 0 Å². The highest BCUT2D eigenvalue weighted by atomic mass is 35.5. The Labute approximate surface area is 127 Å². The van der Waals surface area contributed by atoms with Crippen molar-refractivity contribution in [1.29, 1.82) is 0 Å². The van der Waals surface area contributed by atoms with Crippen LogP contribution in [0.15, 0.2) is 36.4 Å². The molecule has 0 radical (unpaired) electrons. The predicted octanol–water partition coefficient (Wildman–Crippen LogP) is 4.45. The Morgan fingerprint density at radius 3 is 2.55 bits per heavy atom. The molecule has 106 valence electrons. The standard InChI is InChI=1S/C15H14Cl2FNO/c1-19-15(10-4-3-5-12(18)14(10)17)9-6-7-13(20-2)11(16)8-9/h3-8,15,19H,1-2H3. The lowest BCUT2D eigenvalue weighted by molar-refractivity contribution is 0.414. The van der Waals surface area contributed by atoms with E-state index in [1.807, 2.05) is 6.07 Å². The summed E-state index contributed by atoms with van der Waals surface area (Å²) in [7, 11) is 3.34. The molecule has 0 saturated carbocycles. The van der Waals surface area contributed by atoms with Gasteiger partial charge in [-0.3, -0.25) is 0 Å². The van der Waals surface area contributed by atoms with Crippen molar-refractivity contribution < 1.29 is 9.13 Å². The van der Waals surface area contributed by atoms with Crippen molar-refractivity contribution in [1.82, 2.24) is 5.32 Å². The number of hydrogen-bond donors (Lipinski definition) is 1. The van der Waals surface area contributed by atoms with Crippen LogP contribution in [0.3, 0.4) is 0 Å². The summed E-state index contributed by atoms with van der Waals surface area (Å²) < 4.78 is 18.7. The number of rotatable bonds is 4. The second-order valence-electron chi connectivity index (χ2n) is 4.26. The Morgan fingerprint density at radius 1 is 1.20 bits per heavy atom. The second-order valence-corrected chi connectivity index (χ2v) is 5.04. The number of ether oxygens (including phenoxy) is 1. The summed E-state index contributed by atoms with van der Waals surface area (Å²) in [4.78, 5) is 0. The predicted molar refractivity (Wildman–Crippen MR) is 80.3 cm³/mol. The van der Waals surface area contributed by atoms with Gasteiger partial charge in [0.05, 0.1) is 23.2 Å². The highest BCUT2D eigenvalue weighted by Crippen LogP contribution is 2.33. The van der Waals surface area contributed by atoms with E-state index >= 15 is 0 Å². The first kappa shape index (κ1) is 15.1. The Balaban J connectivity index is 2.47. The van der Waals surface area contributed by atoms with Crippen molar-refractivity contribution in [2.24, 2.45) is 0 Å². The molecule has 0 amide bonds. The van der Waals surface area contributed by atoms with E-state index < -0.39 is 5.82 Å². The molecule has 0 aliphatic heterocycles. The normalized spacial score (nSPS) is 12.2. The van der Waals surface area contributed by atoms with E-state index in [0.29, 0.717) is 16.3 Å². The third-order valence-corrected chi connectivity index (χ3v) is 3.78. The molecule has 1 N–H and O–H groups in total. The Kier molecular flexibility index (Phi) is 4.86.